The first kappa shape index (κ1) is 108. The zero-order chi connectivity index (χ0) is 93.4. The maximum atomic E-state index is 4.47. The summed E-state index contributed by atoms with van der Waals surface area (Å²) in [6.45, 7) is 23.4. The van der Waals surface area contributed by atoms with Crippen molar-refractivity contribution in [2.45, 2.75) is 89.0 Å². The molecule has 20 aromatic rings. The van der Waals surface area contributed by atoms with Gasteiger partial charge in [0.05, 0.1) is 0 Å². The van der Waals surface area contributed by atoms with E-state index in [9.17, 15) is 0 Å². The van der Waals surface area contributed by atoms with Crippen molar-refractivity contribution in [3.8, 4) is 135 Å². The quantitative estimate of drug-likeness (QED) is 0.0935. The SMILES string of the molecule is CC(C)Cc1cccc(-c2ccnc(-c3[c-]cccc3)c2)c1.CCc1cc(-c2ccnc(-c3[c-]cccc3)c2)ccc1C.Cc1ccc(-c2[c-]cccc2)nc1.Cc1ccc(-c2[c-]cccc2)nc1.Cc1ccc(-c2[c-]cccc2)nc1.Cc1ccc(-c2[c-]cccc2)nc1.Cc1ccc(-c2ccnc(-c3[c-]cccc3)c2)cc1.Cc1ccc(-c2ccnc(-c3[c-]cccc3)c2)cc1C.[Ir].[Ir].[Ir].[Ir]. The predicted molar refractivity (Wildman–Crippen MR) is 556 cm³/mol. The molecule has 0 saturated heterocycles. The summed E-state index contributed by atoms with van der Waals surface area (Å²) >= 11 is 0. The topological polar surface area (TPSA) is 103 Å². The summed E-state index contributed by atoms with van der Waals surface area (Å²) in [5.74, 6) is 0.669. The maximum Gasteiger partial charge on any atom is 0.0190 e. The number of benzene rings is 12. The standard InChI is InChI=1S/C21H20N.C20H18N.C19H16N.C18H14N.4C12H10N.4Ir/c1-16(2)13-17-7-6-10-19(14-17)20-11-12-22-21(15-20)18-8-4-3-5-9-18;1-3-16-13-18(10-9-15(16)2)19-11-12-21-20(14-19)17-7-5-4-6-8-17;1-14-8-9-17(12-15(14)2)18-10-11-20-19(13-18)16-6-4-3-5-7-16;1-14-7-9-15(10-8-14)17-11-12-19-18(13-17)16-5-3-2-4-6-16;4*1-10-7-8-12(13-9-10)11-5-3-2-4-6-11;;;;/h3-8,10-12,14-16H,13H2,1-2H3;4-7,9-14H,3H2,1-2H3;3-6,8-13H,1-2H3;2-5,7-13H,1H3;4*2-5,7-9H,1H3;;;;/q8*-1;;;;. The Bertz CT molecular complexity index is 6590. The number of nitrogens with zero attached hydrogens (tertiary/aromatic N) is 8. The molecule has 0 bridgehead atoms. The van der Waals surface area contributed by atoms with E-state index in [1.807, 2.05) is 302 Å². The molecule has 12 aromatic carbocycles. The van der Waals surface area contributed by atoms with Crippen LogP contribution in [0.2, 0.25) is 0 Å². The van der Waals surface area contributed by atoms with Gasteiger partial charge in [0.1, 0.15) is 0 Å². The van der Waals surface area contributed by atoms with E-state index in [1.165, 1.54) is 100 Å². The molecule has 0 saturated carbocycles. The van der Waals surface area contributed by atoms with Crippen molar-refractivity contribution < 1.29 is 80.4 Å². The van der Waals surface area contributed by atoms with Crippen molar-refractivity contribution in [2.75, 3.05) is 0 Å². The number of hydrogen-bond donors (Lipinski definition) is 0. The molecule has 0 aliphatic heterocycles. The Kier molecular flexibility index (Phi) is 45.0. The minimum Gasteiger partial charge on any atom is -0.305 e. The molecule has 0 atom stereocenters. The number of aromatic nitrogens is 8. The Labute approximate surface area is 871 Å². The van der Waals surface area contributed by atoms with Crippen molar-refractivity contribution in [2.24, 2.45) is 5.92 Å². The minimum absolute atomic E-state index is 0. The summed E-state index contributed by atoms with van der Waals surface area (Å²) in [5.41, 5.74) is 38.5. The number of aryl methyl sites for hydroxylation is 9. The van der Waals surface area contributed by atoms with Crippen molar-refractivity contribution in [1.82, 2.24) is 39.9 Å². The second-order valence-corrected chi connectivity index (χ2v) is 32.8. The Morgan fingerprint density at radius 1 is 0.210 bits per heavy atom. The first-order valence-electron chi connectivity index (χ1n) is 45.2. The Morgan fingerprint density at radius 3 is 0.739 bits per heavy atom. The van der Waals surface area contributed by atoms with Crippen LogP contribution in [0.4, 0.5) is 0 Å². The van der Waals surface area contributed by atoms with Crippen LogP contribution in [0, 0.1) is 110 Å². The van der Waals surface area contributed by atoms with Crippen LogP contribution in [0.25, 0.3) is 135 Å². The van der Waals surface area contributed by atoms with Crippen molar-refractivity contribution in [3.63, 3.8) is 0 Å². The molecule has 0 amide bonds. The Hall–Kier alpha value is -13.6. The van der Waals surface area contributed by atoms with Crippen LogP contribution in [0.1, 0.15) is 76.4 Å². The Morgan fingerprint density at radius 2 is 0.471 bits per heavy atom. The summed E-state index contributed by atoms with van der Waals surface area (Å²) in [6, 6.07) is 152. The fraction of sp³-hybridized carbons (Fsp3) is 0.111. The number of rotatable bonds is 15. The van der Waals surface area contributed by atoms with Gasteiger partial charge in [0.15, 0.2) is 0 Å². The average Bonchev–Trinajstić information content (AvgIpc) is 0.825. The number of hydrogen-bond acceptors (Lipinski definition) is 8. The minimum atomic E-state index is 0. The van der Waals surface area contributed by atoms with Gasteiger partial charge in [-0.3, -0.25) is 0 Å². The molecule has 0 N–H and O–H groups in total. The molecule has 8 heterocycles. The van der Waals surface area contributed by atoms with E-state index in [2.05, 4.69) is 289 Å². The zero-order valence-electron chi connectivity index (χ0n) is 79.3. The molecule has 12 heteroatoms. The van der Waals surface area contributed by atoms with Crippen molar-refractivity contribution >= 4 is 0 Å². The smallest absolute Gasteiger partial charge is 0.0190 e. The molecule has 138 heavy (non-hydrogen) atoms. The molecular formula is C126H108Ir4N8-8. The second kappa shape index (κ2) is 57.5. The van der Waals surface area contributed by atoms with E-state index in [0.717, 1.165) is 103 Å². The van der Waals surface area contributed by atoms with Gasteiger partial charge in [-0.15, -0.1) is 287 Å². The molecule has 0 aliphatic rings. The maximum absolute atomic E-state index is 4.47. The molecule has 4 radical (unpaired) electrons. The van der Waals surface area contributed by atoms with Gasteiger partial charge in [-0.05, 0) is 239 Å². The van der Waals surface area contributed by atoms with Gasteiger partial charge < -0.3 is 39.9 Å². The first-order valence-corrected chi connectivity index (χ1v) is 45.2. The first-order chi connectivity index (χ1) is 65.5. The fourth-order valence-corrected chi connectivity index (χ4v) is 14.2. The van der Waals surface area contributed by atoms with Gasteiger partial charge in [0.25, 0.3) is 0 Å². The van der Waals surface area contributed by atoms with E-state index >= 15 is 0 Å². The van der Waals surface area contributed by atoms with Crippen molar-refractivity contribution in [1.29, 1.82) is 0 Å². The van der Waals surface area contributed by atoms with Gasteiger partial charge in [0.2, 0.25) is 0 Å². The molecule has 696 valence electrons. The molecule has 8 nitrogen and oxygen atoms in total. The summed E-state index contributed by atoms with van der Waals surface area (Å²) < 4.78 is 0. The van der Waals surface area contributed by atoms with Gasteiger partial charge in [0, 0.05) is 130 Å². The Balaban J connectivity index is 0.000000177. The van der Waals surface area contributed by atoms with Crippen LogP contribution in [-0.2, 0) is 93.3 Å². The zero-order valence-corrected chi connectivity index (χ0v) is 88.9. The third-order valence-corrected chi connectivity index (χ3v) is 21.8. The molecule has 0 spiro atoms. The number of pyridine rings is 8. The van der Waals surface area contributed by atoms with E-state index in [4.69, 9.17) is 0 Å². The third kappa shape index (κ3) is 34.0. The van der Waals surface area contributed by atoms with E-state index in [1.54, 1.807) is 0 Å². The van der Waals surface area contributed by atoms with E-state index in [0.29, 0.717) is 5.92 Å². The third-order valence-electron chi connectivity index (χ3n) is 21.8. The molecule has 8 aromatic heterocycles. The van der Waals surface area contributed by atoms with Crippen LogP contribution in [0.3, 0.4) is 0 Å². The summed E-state index contributed by atoms with van der Waals surface area (Å²) in [4.78, 5) is 35.1. The molecule has 20 rings (SSSR count). The van der Waals surface area contributed by atoms with Crippen molar-refractivity contribution in [3.05, 3.63) is 530 Å². The van der Waals surface area contributed by atoms with Crippen LogP contribution in [0.15, 0.2) is 426 Å². The van der Waals surface area contributed by atoms with Crippen LogP contribution < -0.4 is 0 Å². The molecule has 0 unspecified atom stereocenters. The second-order valence-electron chi connectivity index (χ2n) is 32.8. The molecular weight excluding hydrogens is 2390 g/mol. The largest absolute Gasteiger partial charge is 0.305 e. The molecule has 0 fully saturated rings. The van der Waals surface area contributed by atoms with Crippen LogP contribution >= 0.6 is 0 Å². The average molecular weight is 2500 g/mol. The predicted octanol–water partition coefficient (Wildman–Crippen LogP) is 31.3. The molecule has 0 aliphatic carbocycles. The van der Waals surface area contributed by atoms with Gasteiger partial charge in [-0.1, -0.05) is 184 Å². The normalized spacial score (nSPS) is 10.0. The van der Waals surface area contributed by atoms with Gasteiger partial charge in [-0.25, -0.2) is 0 Å². The van der Waals surface area contributed by atoms with E-state index in [-0.39, 0.29) is 80.4 Å². The summed E-state index contributed by atoms with van der Waals surface area (Å²) in [5, 5.41) is 0. The van der Waals surface area contributed by atoms with Gasteiger partial charge >= 0.3 is 0 Å². The summed E-state index contributed by atoms with van der Waals surface area (Å²) in [7, 11) is 0. The van der Waals surface area contributed by atoms with Gasteiger partial charge in [-0.2, -0.15) is 0 Å². The van der Waals surface area contributed by atoms with E-state index < -0.39 is 0 Å². The summed E-state index contributed by atoms with van der Waals surface area (Å²) in [6.07, 6.45) is 17.1. The van der Waals surface area contributed by atoms with Crippen LogP contribution in [-0.4, -0.2) is 39.9 Å². The van der Waals surface area contributed by atoms with Crippen LogP contribution in [0.5, 0.6) is 0 Å². The monoisotopic (exact) mass is 2500 g/mol. The fourth-order valence-electron chi connectivity index (χ4n) is 14.2.